The Bertz CT molecular complexity index is 818. The van der Waals surface area contributed by atoms with Crippen molar-refractivity contribution in [2.24, 2.45) is 0 Å². The number of hydrogen-bond acceptors (Lipinski definition) is 2. The molecular weight excluding hydrogens is 307 g/mol. The molecule has 0 aromatic heterocycles. The second-order valence-corrected chi connectivity index (χ2v) is 6.39. The van der Waals surface area contributed by atoms with Crippen molar-refractivity contribution >= 4 is 17.5 Å². The van der Waals surface area contributed by atoms with E-state index in [1.165, 1.54) is 0 Å². The highest BCUT2D eigenvalue weighted by atomic mass is 19.1. The van der Waals surface area contributed by atoms with Gasteiger partial charge >= 0.3 is 0 Å². The summed E-state index contributed by atoms with van der Waals surface area (Å²) in [5.41, 5.74) is 2.23. The van der Waals surface area contributed by atoms with Crippen molar-refractivity contribution in [3.8, 4) is 0 Å². The lowest BCUT2D eigenvalue weighted by atomic mass is 9.81. The van der Waals surface area contributed by atoms with Gasteiger partial charge in [-0.15, -0.1) is 0 Å². The summed E-state index contributed by atoms with van der Waals surface area (Å²) in [5, 5.41) is 2.93. The number of alkyl halides is 1. The number of fused-ring (bicyclic) bond motifs is 2. The lowest BCUT2D eigenvalue weighted by Crippen LogP contribution is -2.39. The third kappa shape index (κ3) is 2.12. The molecule has 1 fully saturated rings. The van der Waals surface area contributed by atoms with Gasteiger partial charge in [0.05, 0.1) is 5.41 Å². The number of carbonyl (C=O) groups excluding carboxylic acids is 2. The molecule has 2 aliphatic heterocycles. The maximum Gasteiger partial charge on any atom is 0.253 e. The van der Waals surface area contributed by atoms with Gasteiger partial charge in [0, 0.05) is 24.3 Å². The van der Waals surface area contributed by atoms with Gasteiger partial charge in [0.2, 0.25) is 5.91 Å². The minimum atomic E-state index is -0.648. The SMILES string of the molecule is O=C(c1ccc(CF)cc1)N1CCC2(C1)C(=O)Nc1ccccc12. The molecule has 2 aromatic rings. The fourth-order valence-electron chi connectivity index (χ4n) is 3.68. The van der Waals surface area contributed by atoms with E-state index < -0.39 is 12.1 Å². The number of rotatable bonds is 2. The molecule has 0 saturated carbocycles. The first-order valence-corrected chi connectivity index (χ1v) is 7.99. The molecule has 4 nitrogen and oxygen atoms in total. The Morgan fingerprint density at radius 1 is 1.17 bits per heavy atom. The number of halogens is 1. The van der Waals surface area contributed by atoms with Gasteiger partial charge < -0.3 is 10.2 Å². The van der Waals surface area contributed by atoms with Crippen LogP contribution in [0.1, 0.15) is 27.9 Å². The average molecular weight is 324 g/mol. The molecule has 0 radical (unpaired) electrons. The number of amides is 2. The molecule has 2 amide bonds. The van der Waals surface area contributed by atoms with Crippen LogP contribution in [0.15, 0.2) is 48.5 Å². The topological polar surface area (TPSA) is 49.4 Å². The predicted octanol–water partition coefficient (Wildman–Crippen LogP) is 2.89. The minimum Gasteiger partial charge on any atom is -0.337 e. The van der Waals surface area contributed by atoms with Crippen molar-refractivity contribution in [2.45, 2.75) is 18.5 Å². The molecule has 4 rings (SSSR count). The monoisotopic (exact) mass is 324 g/mol. The quantitative estimate of drug-likeness (QED) is 0.923. The van der Waals surface area contributed by atoms with Crippen molar-refractivity contribution in [1.82, 2.24) is 4.90 Å². The molecule has 2 heterocycles. The number of nitrogens with one attached hydrogen (secondary N) is 1. The Balaban J connectivity index is 1.60. The van der Waals surface area contributed by atoms with E-state index in [1.54, 1.807) is 29.2 Å². The number of hydrogen-bond donors (Lipinski definition) is 1. The van der Waals surface area contributed by atoms with Crippen molar-refractivity contribution in [2.75, 3.05) is 18.4 Å². The van der Waals surface area contributed by atoms with E-state index in [9.17, 15) is 14.0 Å². The van der Waals surface area contributed by atoms with Crippen LogP contribution >= 0.6 is 0 Å². The fraction of sp³-hybridized carbons (Fsp3) is 0.263. The zero-order valence-corrected chi connectivity index (χ0v) is 13.1. The molecule has 0 aliphatic carbocycles. The van der Waals surface area contributed by atoms with Crippen LogP contribution in [0.4, 0.5) is 10.1 Å². The number of carbonyl (C=O) groups is 2. The van der Waals surface area contributed by atoms with Crippen LogP contribution in [0.2, 0.25) is 0 Å². The summed E-state index contributed by atoms with van der Waals surface area (Å²) in [6, 6.07) is 14.2. The number of benzene rings is 2. The predicted molar refractivity (Wildman–Crippen MR) is 88.5 cm³/mol. The van der Waals surface area contributed by atoms with Crippen LogP contribution < -0.4 is 5.32 Å². The third-order valence-electron chi connectivity index (χ3n) is 5.04. The van der Waals surface area contributed by atoms with Crippen molar-refractivity contribution in [1.29, 1.82) is 0 Å². The molecule has 0 bridgehead atoms. The summed E-state index contributed by atoms with van der Waals surface area (Å²) in [6.07, 6.45) is 0.615. The van der Waals surface area contributed by atoms with Crippen LogP contribution in [0.3, 0.4) is 0 Å². The lowest BCUT2D eigenvalue weighted by Gasteiger charge is -2.22. The van der Waals surface area contributed by atoms with Crippen molar-refractivity contribution < 1.29 is 14.0 Å². The number of para-hydroxylation sites is 1. The first-order valence-electron chi connectivity index (χ1n) is 7.99. The van der Waals surface area contributed by atoms with E-state index >= 15 is 0 Å². The van der Waals surface area contributed by atoms with E-state index in [0.29, 0.717) is 30.6 Å². The summed E-state index contributed by atoms with van der Waals surface area (Å²) in [4.78, 5) is 27.0. The van der Waals surface area contributed by atoms with E-state index in [1.807, 2.05) is 24.3 Å². The fourth-order valence-corrected chi connectivity index (χ4v) is 3.68. The Labute approximate surface area is 139 Å². The van der Waals surface area contributed by atoms with Gasteiger partial charge in [-0.2, -0.15) is 0 Å². The van der Waals surface area contributed by atoms with Crippen LogP contribution in [0.5, 0.6) is 0 Å². The van der Waals surface area contributed by atoms with E-state index in [4.69, 9.17) is 0 Å². The second kappa shape index (κ2) is 5.44. The maximum absolute atomic E-state index is 12.7. The van der Waals surface area contributed by atoms with Gasteiger partial charge in [-0.1, -0.05) is 30.3 Å². The van der Waals surface area contributed by atoms with Gasteiger partial charge in [-0.05, 0) is 35.7 Å². The molecule has 1 spiro atoms. The molecule has 2 aliphatic rings. The first-order chi connectivity index (χ1) is 11.6. The highest BCUT2D eigenvalue weighted by Crippen LogP contribution is 2.44. The van der Waals surface area contributed by atoms with E-state index in [0.717, 1.165) is 11.3 Å². The average Bonchev–Trinajstić information content (AvgIpc) is 3.18. The summed E-state index contributed by atoms with van der Waals surface area (Å²) < 4.78 is 12.6. The molecule has 1 unspecified atom stereocenters. The zero-order valence-electron chi connectivity index (χ0n) is 13.1. The summed E-state index contributed by atoms with van der Waals surface area (Å²) in [5.74, 6) is -0.152. The van der Waals surface area contributed by atoms with Crippen LogP contribution in [0.25, 0.3) is 0 Å². The summed E-state index contributed by atoms with van der Waals surface area (Å²) in [6.45, 7) is 0.364. The first kappa shape index (κ1) is 14.9. The second-order valence-electron chi connectivity index (χ2n) is 6.39. The number of nitrogens with zero attached hydrogens (tertiary/aromatic N) is 1. The number of likely N-dealkylation sites (tertiary alicyclic amines) is 1. The maximum atomic E-state index is 12.7. The highest BCUT2D eigenvalue weighted by molar-refractivity contribution is 6.07. The van der Waals surface area contributed by atoms with Crippen LogP contribution in [-0.2, 0) is 16.9 Å². The zero-order chi connectivity index (χ0) is 16.7. The smallest absolute Gasteiger partial charge is 0.253 e. The molecule has 24 heavy (non-hydrogen) atoms. The normalized spacial score (nSPS) is 21.9. The number of anilines is 1. The molecular formula is C19H17FN2O2. The molecule has 122 valence electrons. The highest BCUT2D eigenvalue weighted by Gasteiger charge is 2.51. The Morgan fingerprint density at radius 3 is 2.67 bits per heavy atom. The van der Waals surface area contributed by atoms with Gasteiger partial charge in [0.1, 0.15) is 6.67 Å². The molecule has 1 N–H and O–H groups in total. The van der Waals surface area contributed by atoms with E-state index in [2.05, 4.69) is 5.32 Å². The standard InChI is InChI=1S/C19H17FN2O2/c20-11-13-5-7-14(8-6-13)17(23)22-10-9-19(12-22)15-3-1-2-4-16(15)21-18(19)24/h1-8H,9-12H2,(H,21,24). The summed E-state index contributed by atoms with van der Waals surface area (Å²) in [7, 11) is 0. The van der Waals surface area contributed by atoms with Crippen LogP contribution in [-0.4, -0.2) is 29.8 Å². The third-order valence-corrected chi connectivity index (χ3v) is 5.04. The Morgan fingerprint density at radius 2 is 1.92 bits per heavy atom. The Hall–Kier alpha value is -2.69. The van der Waals surface area contributed by atoms with Gasteiger partial charge in [0.15, 0.2) is 0 Å². The largest absolute Gasteiger partial charge is 0.337 e. The van der Waals surface area contributed by atoms with Crippen molar-refractivity contribution in [3.05, 3.63) is 65.2 Å². The van der Waals surface area contributed by atoms with Gasteiger partial charge in [0.25, 0.3) is 5.91 Å². The van der Waals surface area contributed by atoms with Gasteiger partial charge in [-0.25, -0.2) is 4.39 Å². The van der Waals surface area contributed by atoms with E-state index in [-0.39, 0.29) is 11.8 Å². The van der Waals surface area contributed by atoms with Crippen LogP contribution in [0, 0.1) is 0 Å². The summed E-state index contributed by atoms with van der Waals surface area (Å²) >= 11 is 0. The van der Waals surface area contributed by atoms with Crippen molar-refractivity contribution in [3.63, 3.8) is 0 Å². The minimum absolute atomic E-state index is 0.0354. The molecule has 1 atom stereocenters. The Kier molecular flexibility index (Phi) is 3.37. The molecule has 5 heteroatoms. The van der Waals surface area contributed by atoms with Gasteiger partial charge in [-0.3, -0.25) is 9.59 Å². The lowest BCUT2D eigenvalue weighted by molar-refractivity contribution is -0.120. The molecule has 1 saturated heterocycles. The molecule has 2 aromatic carbocycles.